The van der Waals surface area contributed by atoms with Crippen LogP contribution in [0.5, 0.6) is 5.75 Å². The van der Waals surface area contributed by atoms with E-state index in [2.05, 4.69) is 20.9 Å². The van der Waals surface area contributed by atoms with E-state index in [-0.39, 0.29) is 0 Å². The predicted octanol–water partition coefficient (Wildman–Crippen LogP) is 3.00. The van der Waals surface area contributed by atoms with Crippen LogP contribution in [-0.2, 0) is 12.8 Å². The van der Waals surface area contributed by atoms with Gasteiger partial charge < -0.3 is 9.84 Å². The van der Waals surface area contributed by atoms with Gasteiger partial charge in [0.05, 0.1) is 13.2 Å². The van der Waals surface area contributed by atoms with Crippen molar-refractivity contribution < 1.29 is 9.84 Å². The first-order valence-corrected chi connectivity index (χ1v) is 6.88. The van der Waals surface area contributed by atoms with Gasteiger partial charge >= 0.3 is 0 Å². The molecule has 100 valence electrons. The Morgan fingerprint density at radius 1 is 1.26 bits per heavy atom. The number of methoxy groups -OCH3 is 1. The second kappa shape index (κ2) is 6.68. The van der Waals surface area contributed by atoms with Gasteiger partial charge in [0.2, 0.25) is 0 Å². The summed E-state index contributed by atoms with van der Waals surface area (Å²) in [5.41, 5.74) is 1.95. The molecule has 1 N–H and O–H groups in total. The van der Waals surface area contributed by atoms with E-state index >= 15 is 0 Å². The molecule has 0 aliphatic heterocycles. The highest BCUT2D eigenvalue weighted by atomic mass is 79.9. The lowest BCUT2D eigenvalue weighted by Crippen LogP contribution is -2.14. The number of benzene rings is 1. The van der Waals surface area contributed by atoms with Gasteiger partial charge in [0.15, 0.2) is 0 Å². The van der Waals surface area contributed by atoms with Gasteiger partial charge in [-0.3, -0.25) is 4.98 Å². The van der Waals surface area contributed by atoms with E-state index in [9.17, 15) is 5.11 Å². The number of pyridine rings is 1. The Bertz CT molecular complexity index is 528. The summed E-state index contributed by atoms with van der Waals surface area (Å²) in [6, 6.07) is 11.6. The maximum atomic E-state index is 10.1. The molecule has 0 amide bonds. The van der Waals surface area contributed by atoms with Gasteiger partial charge in [-0.05, 0) is 52.2 Å². The van der Waals surface area contributed by atoms with Crippen LogP contribution in [0.15, 0.2) is 47.1 Å². The van der Waals surface area contributed by atoms with Crippen LogP contribution in [0.3, 0.4) is 0 Å². The Morgan fingerprint density at radius 3 is 2.79 bits per heavy atom. The Hall–Kier alpha value is -1.39. The molecule has 0 radical (unpaired) electrons. The summed E-state index contributed by atoms with van der Waals surface area (Å²) in [7, 11) is 1.64. The third kappa shape index (κ3) is 4.33. The predicted molar refractivity (Wildman–Crippen MR) is 78.3 cm³/mol. The molecule has 0 fully saturated rings. The number of hydrogen-bond donors (Lipinski definition) is 1. The van der Waals surface area contributed by atoms with Gasteiger partial charge in [0.1, 0.15) is 5.75 Å². The number of rotatable bonds is 5. The van der Waals surface area contributed by atoms with Gasteiger partial charge in [-0.25, -0.2) is 0 Å². The first kappa shape index (κ1) is 14.0. The molecule has 19 heavy (non-hydrogen) atoms. The lowest BCUT2D eigenvalue weighted by Gasteiger charge is -2.11. The minimum absolute atomic E-state index is 0.444. The highest BCUT2D eigenvalue weighted by Crippen LogP contribution is 2.15. The summed E-state index contributed by atoms with van der Waals surface area (Å²) in [6.45, 7) is 0. The molecule has 3 nitrogen and oxygen atoms in total. The van der Waals surface area contributed by atoms with Crippen LogP contribution in [0.25, 0.3) is 0 Å². The van der Waals surface area contributed by atoms with Crippen LogP contribution < -0.4 is 4.74 Å². The third-order valence-electron chi connectivity index (χ3n) is 2.84. The molecule has 1 unspecified atom stereocenters. The second-order valence-corrected chi connectivity index (χ2v) is 5.30. The zero-order valence-corrected chi connectivity index (χ0v) is 12.3. The molecule has 1 atom stereocenters. The molecule has 0 saturated heterocycles. The van der Waals surface area contributed by atoms with Crippen molar-refractivity contribution in [3.63, 3.8) is 0 Å². The maximum absolute atomic E-state index is 10.1. The van der Waals surface area contributed by atoms with Crippen LogP contribution in [0.2, 0.25) is 0 Å². The van der Waals surface area contributed by atoms with Gasteiger partial charge in [-0.2, -0.15) is 0 Å². The van der Waals surface area contributed by atoms with Crippen molar-refractivity contribution in [3.8, 4) is 5.75 Å². The summed E-state index contributed by atoms with van der Waals surface area (Å²) in [5.74, 6) is 0.812. The lowest BCUT2D eigenvalue weighted by molar-refractivity contribution is 0.174. The van der Waals surface area contributed by atoms with Crippen molar-refractivity contribution in [2.24, 2.45) is 0 Å². The number of aliphatic hydroxyl groups is 1. The summed E-state index contributed by atoms with van der Waals surface area (Å²) in [4.78, 5) is 4.26. The first-order chi connectivity index (χ1) is 9.17. The first-order valence-electron chi connectivity index (χ1n) is 6.09. The topological polar surface area (TPSA) is 42.4 Å². The van der Waals surface area contributed by atoms with Crippen LogP contribution in [0, 0.1) is 0 Å². The Morgan fingerprint density at radius 2 is 2.11 bits per heavy atom. The average Bonchev–Trinajstić information content (AvgIpc) is 2.41. The summed E-state index contributed by atoms with van der Waals surface area (Å²) < 4.78 is 6.11. The quantitative estimate of drug-likeness (QED) is 0.920. The molecule has 0 bridgehead atoms. The van der Waals surface area contributed by atoms with Crippen LogP contribution in [-0.4, -0.2) is 23.3 Å². The van der Waals surface area contributed by atoms with E-state index in [1.165, 1.54) is 0 Å². The van der Waals surface area contributed by atoms with Crippen molar-refractivity contribution in [1.82, 2.24) is 4.98 Å². The van der Waals surface area contributed by atoms with Crippen molar-refractivity contribution >= 4 is 15.9 Å². The summed E-state index contributed by atoms with van der Waals surface area (Å²) in [6.07, 6.45) is 2.44. The van der Waals surface area contributed by atoms with E-state index in [1.807, 2.05) is 36.4 Å². The van der Waals surface area contributed by atoms with Crippen molar-refractivity contribution in [2.75, 3.05) is 7.11 Å². The highest BCUT2D eigenvalue weighted by Gasteiger charge is 2.08. The smallest absolute Gasteiger partial charge is 0.119 e. The van der Waals surface area contributed by atoms with Crippen molar-refractivity contribution in [1.29, 1.82) is 0 Å². The fourth-order valence-corrected chi connectivity index (χ4v) is 2.15. The Labute approximate surface area is 121 Å². The van der Waals surface area contributed by atoms with E-state index in [0.29, 0.717) is 12.8 Å². The summed E-state index contributed by atoms with van der Waals surface area (Å²) in [5, 5.41) is 10.1. The fraction of sp³-hybridized carbons (Fsp3) is 0.267. The summed E-state index contributed by atoms with van der Waals surface area (Å²) >= 11 is 3.34. The number of hydrogen-bond acceptors (Lipinski definition) is 3. The number of ether oxygens (including phenoxy) is 1. The van der Waals surface area contributed by atoms with Gasteiger partial charge in [-0.15, -0.1) is 0 Å². The number of nitrogens with zero attached hydrogens (tertiary/aromatic N) is 1. The molecule has 1 aromatic heterocycles. The fourth-order valence-electron chi connectivity index (χ4n) is 1.91. The number of aliphatic hydroxyl groups excluding tert-OH is 1. The van der Waals surface area contributed by atoms with E-state index in [0.717, 1.165) is 21.5 Å². The van der Waals surface area contributed by atoms with Gasteiger partial charge in [0.25, 0.3) is 0 Å². The molecular formula is C15H16BrNO2. The minimum Gasteiger partial charge on any atom is -0.497 e. The third-order valence-corrected chi connectivity index (χ3v) is 3.31. The molecule has 2 aromatic rings. The molecule has 0 saturated carbocycles. The number of halogens is 1. The Balaban J connectivity index is 1.96. The van der Waals surface area contributed by atoms with Crippen molar-refractivity contribution in [2.45, 2.75) is 18.9 Å². The molecule has 4 heteroatoms. The van der Waals surface area contributed by atoms with Crippen LogP contribution in [0.4, 0.5) is 0 Å². The van der Waals surface area contributed by atoms with E-state index < -0.39 is 6.10 Å². The standard InChI is InChI=1S/C15H16BrNO2/c1-19-15-4-2-3-11(8-15)7-14(18)9-13-6-5-12(16)10-17-13/h2-6,8,10,14,18H,7,9H2,1H3. The van der Waals surface area contributed by atoms with Crippen LogP contribution in [0.1, 0.15) is 11.3 Å². The second-order valence-electron chi connectivity index (χ2n) is 4.38. The molecule has 1 heterocycles. The van der Waals surface area contributed by atoms with Crippen molar-refractivity contribution in [3.05, 3.63) is 58.3 Å². The SMILES string of the molecule is COc1cccc(CC(O)Cc2ccc(Br)cn2)c1. The molecule has 0 spiro atoms. The highest BCUT2D eigenvalue weighted by molar-refractivity contribution is 9.10. The van der Waals surface area contributed by atoms with E-state index in [1.54, 1.807) is 13.3 Å². The monoisotopic (exact) mass is 321 g/mol. The normalized spacial score (nSPS) is 12.2. The lowest BCUT2D eigenvalue weighted by atomic mass is 10.0. The minimum atomic E-state index is -0.444. The zero-order valence-electron chi connectivity index (χ0n) is 10.7. The molecule has 0 aliphatic carbocycles. The zero-order chi connectivity index (χ0) is 13.7. The largest absolute Gasteiger partial charge is 0.497 e. The van der Waals surface area contributed by atoms with Gasteiger partial charge in [0, 0.05) is 22.8 Å². The molecule has 0 aliphatic rings. The average molecular weight is 322 g/mol. The van der Waals surface area contributed by atoms with E-state index in [4.69, 9.17) is 4.74 Å². The molecular weight excluding hydrogens is 306 g/mol. The molecule has 1 aromatic carbocycles. The Kier molecular flexibility index (Phi) is 4.93. The molecule has 2 rings (SSSR count). The van der Waals surface area contributed by atoms with Gasteiger partial charge in [-0.1, -0.05) is 12.1 Å². The maximum Gasteiger partial charge on any atom is 0.119 e. The number of aromatic nitrogens is 1. The van der Waals surface area contributed by atoms with Crippen LogP contribution >= 0.6 is 15.9 Å².